The molecule has 7 N–H and O–H groups in total. The van der Waals surface area contributed by atoms with E-state index in [2.05, 4.69) is 25.9 Å². The Hall–Kier alpha value is -5.70. The molecule has 0 unspecified atom stereocenters. The summed E-state index contributed by atoms with van der Waals surface area (Å²) in [6.07, 6.45) is -3.09. The van der Waals surface area contributed by atoms with Gasteiger partial charge in [-0.1, -0.05) is 12.1 Å². The molecular weight excluding hydrogens is 603 g/mol. The second kappa shape index (κ2) is 12.4. The number of hydrogen-bond acceptors (Lipinski definition) is 8. The van der Waals surface area contributed by atoms with Crippen LogP contribution in [0.1, 0.15) is 34.0 Å². The summed E-state index contributed by atoms with van der Waals surface area (Å²) in [6.45, 7) is 3.47. The number of hydrogen-bond donors (Lipinski definition) is 5. The van der Waals surface area contributed by atoms with Crippen molar-refractivity contribution >= 4 is 58.0 Å². The van der Waals surface area contributed by atoms with E-state index in [9.17, 15) is 27.6 Å². The fourth-order valence-electron chi connectivity index (χ4n) is 4.75. The highest BCUT2D eigenvalue weighted by molar-refractivity contribution is 6.07. The highest BCUT2D eigenvalue weighted by Gasteiger charge is 2.33. The monoisotopic (exact) mass is 633 g/mol. The van der Waals surface area contributed by atoms with E-state index >= 15 is 0 Å². The van der Waals surface area contributed by atoms with E-state index in [-0.39, 0.29) is 35.3 Å². The van der Waals surface area contributed by atoms with Crippen LogP contribution in [-0.4, -0.2) is 40.9 Å². The lowest BCUT2D eigenvalue weighted by atomic mass is 10.1. The van der Waals surface area contributed by atoms with Crippen LogP contribution in [0.5, 0.6) is 0 Å². The highest BCUT2D eigenvalue weighted by Crippen LogP contribution is 2.34. The summed E-state index contributed by atoms with van der Waals surface area (Å²) < 4.78 is 39.8. The lowest BCUT2D eigenvalue weighted by Crippen LogP contribution is -2.46. The van der Waals surface area contributed by atoms with Crippen molar-refractivity contribution in [3.05, 3.63) is 89.1 Å². The number of aryl methyl sites for hydroxylation is 1. The Balaban J connectivity index is 1.35. The fraction of sp³-hybridized carbons (Fsp3) is 0.194. The number of alkyl halides is 3. The number of nitrogens with two attached hydrogens (primary N) is 2. The number of anilines is 7. The number of nitrogen functional groups attached to an aromatic ring is 1. The normalized spacial score (nSPS) is 13.6. The van der Waals surface area contributed by atoms with Gasteiger partial charge in [0.2, 0.25) is 11.9 Å². The van der Waals surface area contributed by atoms with Crippen molar-refractivity contribution in [3.63, 3.8) is 0 Å². The van der Waals surface area contributed by atoms with Crippen LogP contribution in [0.25, 0.3) is 0 Å². The summed E-state index contributed by atoms with van der Waals surface area (Å²) in [5.41, 5.74) is 12.9. The van der Waals surface area contributed by atoms with Gasteiger partial charge in [-0.05, 0) is 67.9 Å². The van der Waals surface area contributed by atoms with Crippen molar-refractivity contribution in [2.45, 2.75) is 32.6 Å². The maximum Gasteiger partial charge on any atom is 0.416 e. The first-order chi connectivity index (χ1) is 21.7. The van der Waals surface area contributed by atoms with Crippen LogP contribution in [0.15, 0.2) is 66.9 Å². The fourth-order valence-corrected chi connectivity index (χ4v) is 4.75. The van der Waals surface area contributed by atoms with Crippen molar-refractivity contribution < 1.29 is 27.6 Å². The van der Waals surface area contributed by atoms with Gasteiger partial charge < -0.3 is 27.4 Å². The molecule has 1 aromatic heterocycles. The molecule has 0 saturated carbocycles. The van der Waals surface area contributed by atoms with Gasteiger partial charge in [0, 0.05) is 47.1 Å². The summed E-state index contributed by atoms with van der Waals surface area (Å²) in [5.74, 6) is -0.533. The standard InChI is InChI=1S/C31H30F3N9O3/c1-16-7-8-24(39-28(45)18-9-20(31(32,33)34)11-21(36)10-18)13-25(16)43-15-19-14-37-29(41-26(19)42(3)30(43)46)40-23-6-4-5-22(12-23)38-27(44)17(2)35/h4-14,17H,15,35-36H2,1-3H3,(H,38,44)(H,39,45)(H,37,40,41)/t17-/m0/s1. The quantitative estimate of drug-likeness (QED) is 0.172. The van der Waals surface area contributed by atoms with Crippen LogP contribution >= 0.6 is 0 Å². The Morgan fingerprint density at radius 2 is 1.72 bits per heavy atom. The minimum atomic E-state index is -4.67. The third-order valence-electron chi connectivity index (χ3n) is 7.11. The van der Waals surface area contributed by atoms with E-state index in [4.69, 9.17) is 11.5 Å². The number of benzene rings is 3. The molecule has 0 fully saturated rings. The zero-order valence-electron chi connectivity index (χ0n) is 24.9. The second-order valence-corrected chi connectivity index (χ2v) is 10.8. The molecule has 0 aliphatic carbocycles. The van der Waals surface area contributed by atoms with Gasteiger partial charge in [0.25, 0.3) is 5.91 Å². The number of carbonyl (C=O) groups is 3. The van der Waals surface area contributed by atoms with Gasteiger partial charge in [-0.2, -0.15) is 18.2 Å². The molecule has 4 amide bonds. The number of halogens is 3. The molecule has 15 heteroatoms. The molecule has 46 heavy (non-hydrogen) atoms. The summed E-state index contributed by atoms with van der Waals surface area (Å²) in [6, 6.07) is 13.3. The number of fused-ring (bicyclic) bond motifs is 1. The molecule has 5 rings (SSSR count). The lowest BCUT2D eigenvalue weighted by Gasteiger charge is -2.35. The lowest BCUT2D eigenvalue weighted by molar-refractivity contribution is -0.137. The summed E-state index contributed by atoms with van der Waals surface area (Å²) in [5, 5.41) is 8.38. The van der Waals surface area contributed by atoms with Gasteiger partial charge in [0.05, 0.1) is 23.8 Å². The van der Waals surface area contributed by atoms with E-state index in [1.807, 2.05) is 0 Å². The van der Waals surface area contributed by atoms with Crippen LogP contribution < -0.4 is 37.2 Å². The molecule has 0 bridgehead atoms. The molecule has 0 radical (unpaired) electrons. The van der Waals surface area contributed by atoms with Crippen LogP contribution in [0, 0.1) is 6.92 Å². The third-order valence-corrected chi connectivity index (χ3v) is 7.11. The number of aromatic nitrogens is 2. The summed E-state index contributed by atoms with van der Waals surface area (Å²) in [7, 11) is 1.56. The molecule has 1 aliphatic heterocycles. The maximum atomic E-state index is 13.5. The first kappa shape index (κ1) is 31.7. The Morgan fingerprint density at radius 1 is 1.00 bits per heavy atom. The SMILES string of the molecule is Cc1ccc(NC(=O)c2cc(N)cc(C(F)(F)F)c2)cc1N1Cc2cnc(Nc3cccc(NC(=O)[C@H](C)N)c3)nc2N(C)C1=O. The van der Waals surface area contributed by atoms with Crippen LogP contribution in [-0.2, 0) is 17.5 Å². The molecule has 1 atom stereocenters. The van der Waals surface area contributed by atoms with E-state index in [0.717, 1.165) is 18.2 Å². The molecule has 0 saturated heterocycles. The topological polar surface area (TPSA) is 172 Å². The predicted octanol–water partition coefficient (Wildman–Crippen LogP) is 5.24. The van der Waals surface area contributed by atoms with Crippen LogP contribution in [0.3, 0.4) is 0 Å². The van der Waals surface area contributed by atoms with Gasteiger partial charge in [0.15, 0.2) is 0 Å². The Bertz CT molecular complexity index is 1850. The first-order valence-corrected chi connectivity index (χ1v) is 13.9. The zero-order chi connectivity index (χ0) is 33.3. The van der Waals surface area contributed by atoms with Crippen molar-refractivity contribution in [1.29, 1.82) is 0 Å². The van der Waals surface area contributed by atoms with E-state index in [1.54, 1.807) is 69.6 Å². The number of nitrogens with one attached hydrogen (secondary N) is 3. The molecular formula is C31H30F3N9O3. The Kier molecular flexibility index (Phi) is 8.52. The second-order valence-electron chi connectivity index (χ2n) is 10.8. The van der Waals surface area contributed by atoms with Crippen molar-refractivity contribution in [3.8, 4) is 0 Å². The Morgan fingerprint density at radius 3 is 2.43 bits per heavy atom. The van der Waals surface area contributed by atoms with E-state index in [1.165, 1.54) is 9.80 Å². The van der Waals surface area contributed by atoms with Crippen molar-refractivity contribution in [1.82, 2.24) is 9.97 Å². The van der Waals surface area contributed by atoms with Crippen molar-refractivity contribution in [2.24, 2.45) is 5.73 Å². The zero-order valence-corrected chi connectivity index (χ0v) is 24.9. The molecule has 2 heterocycles. The molecule has 3 aromatic carbocycles. The minimum Gasteiger partial charge on any atom is -0.399 e. The van der Waals surface area contributed by atoms with Gasteiger partial charge in [-0.3, -0.25) is 19.4 Å². The Labute approximate surface area is 261 Å². The van der Waals surface area contributed by atoms with Crippen LogP contribution in [0.4, 0.5) is 58.2 Å². The number of urea groups is 1. The van der Waals surface area contributed by atoms with Gasteiger partial charge in [0.1, 0.15) is 5.82 Å². The van der Waals surface area contributed by atoms with Crippen LogP contribution in [0.2, 0.25) is 0 Å². The third kappa shape index (κ3) is 6.83. The van der Waals surface area contributed by atoms with Gasteiger partial charge in [-0.15, -0.1) is 0 Å². The number of nitrogens with zero attached hydrogens (tertiary/aromatic N) is 4. The average molecular weight is 634 g/mol. The molecule has 238 valence electrons. The van der Waals surface area contributed by atoms with Crippen molar-refractivity contribution in [2.75, 3.05) is 38.5 Å². The van der Waals surface area contributed by atoms with E-state index < -0.39 is 29.7 Å². The molecule has 12 nitrogen and oxygen atoms in total. The van der Waals surface area contributed by atoms with Gasteiger partial charge in [-0.25, -0.2) is 9.78 Å². The smallest absolute Gasteiger partial charge is 0.399 e. The average Bonchev–Trinajstić information content (AvgIpc) is 2.99. The summed E-state index contributed by atoms with van der Waals surface area (Å²) in [4.78, 5) is 50.2. The first-order valence-electron chi connectivity index (χ1n) is 13.9. The van der Waals surface area contributed by atoms with Gasteiger partial charge >= 0.3 is 12.2 Å². The number of carbonyl (C=O) groups excluding carboxylic acids is 3. The molecule has 1 aliphatic rings. The highest BCUT2D eigenvalue weighted by atomic mass is 19.4. The minimum absolute atomic E-state index is 0.111. The predicted molar refractivity (Wildman–Crippen MR) is 169 cm³/mol. The summed E-state index contributed by atoms with van der Waals surface area (Å²) >= 11 is 0. The number of rotatable bonds is 7. The molecule has 4 aromatic rings. The van der Waals surface area contributed by atoms with E-state index in [0.29, 0.717) is 34.0 Å². The molecule has 0 spiro atoms. The largest absolute Gasteiger partial charge is 0.416 e. The maximum absolute atomic E-state index is 13.5. The number of amides is 4.